The molecule has 17 heteroatoms. The number of nitrogens with zero attached hydrogens (tertiary/aromatic N) is 1. The molecule has 16 nitrogen and oxygen atoms in total. The summed E-state index contributed by atoms with van der Waals surface area (Å²) in [6.07, 6.45) is 4.53. The summed E-state index contributed by atoms with van der Waals surface area (Å²) in [7, 11) is 0. The second kappa shape index (κ2) is 21.7. The first-order valence-corrected chi connectivity index (χ1v) is 20.9. The number of H-pyrrole nitrogens is 1. The van der Waals surface area contributed by atoms with E-state index in [0.29, 0.717) is 17.9 Å². The molecule has 1 aliphatic rings. The van der Waals surface area contributed by atoms with Gasteiger partial charge in [-0.05, 0) is 66.5 Å². The average Bonchev–Trinajstić information content (AvgIpc) is 3.65. The van der Waals surface area contributed by atoms with E-state index in [2.05, 4.69) is 36.6 Å². The maximum atomic E-state index is 14.7. The molecule has 0 radical (unpaired) electrons. The number of rotatable bonds is 21. The summed E-state index contributed by atoms with van der Waals surface area (Å²) in [4.78, 5) is 89.0. The Morgan fingerprint density at radius 2 is 1.52 bits per heavy atom. The lowest BCUT2D eigenvalue weighted by atomic mass is 9.76. The van der Waals surface area contributed by atoms with Gasteiger partial charge in [0.15, 0.2) is 5.96 Å². The number of nitrogens with two attached hydrogens (primary N) is 3. The van der Waals surface area contributed by atoms with E-state index in [9.17, 15) is 28.8 Å². The van der Waals surface area contributed by atoms with Crippen LogP contribution >= 0.6 is 11.6 Å². The molecule has 1 aliphatic carbocycles. The fourth-order valence-corrected chi connectivity index (χ4v) is 7.81. The van der Waals surface area contributed by atoms with Crippen molar-refractivity contribution < 1.29 is 28.8 Å². The number of hydrogen-bond donors (Lipinski definition) is 9. The van der Waals surface area contributed by atoms with Gasteiger partial charge in [0.25, 0.3) is 0 Å². The third-order valence-corrected chi connectivity index (χ3v) is 11.1. The predicted molar refractivity (Wildman–Crippen MR) is 234 cm³/mol. The number of primary amides is 1. The zero-order valence-corrected chi connectivity index (χ0v) is 35.0. The second-order valence-electron chi connectivity index (χ2n) is 15.3. The molecule has 61 heavy (non-hydrogen) atoms. The number of unbranched alkanes of at least 4 members (excludes halogenated alkanes) is 1. The number of amides is 6. The maximum absolute atomic E-state index is 14.7. The Bertz CT molecular complexity index is 2230. The lowest BCUT2D eigenvalue weighted by Gasteiger charge is -2.39. The third kappa shape index (κ3) is 12.8. The van der Waals surface area contributed by atoms with Crippen LogP contribution in [-0.2, 0) is 54.5 Å². The number of benzene rings is 3. The van der Waals surface area contributed by atoms with Gasteiger partial charge < -0.3 is 48.8 Å². The van der Waals surface area contributed by atoms with Gasteiger partial charge in [-0.3, -0.25) is 33.8 Å². The molecule has 324 valence electrons. The molecule has 3 aromatic carbocycles. The van der Waals surface area contributed by atoms with Crippen molar-refractivity contribution in [2.24, 2.45) is 22.2 Å². The van der Waals surface area contributed by atoms with Gasteiger partial charge in [-0.2, -0.15) is 0 Å². The van der Waals surface area contributed by atoms with E-state index in [4.69, 9.17) is 28.8 Å². The molecule has 0 saturated heterocycles. The van der Waals surface area contributed by atoms with Crippen LogP contribution in [0.5, 0.6) is 0 Å². The Kier molecular flexibility index (Phi) is 16.3. The number of aromatic nitrogens is 1. The molecule has 4 atom stereocenters. The summed E-state index contributed by atoms with van der Waals surface area (Å²) >= 11 is 6.54. The van der Waals surface area contributed by atoms with Gasteiger partial charge in [0, 0.05) is 54.4 Å². The number of fused-ring (bicyclic) bond motifs is 2. The highest BCUT2D eigenvalue weighted by Gasteiger charge is 2.44. The second-order valence-corrected chi connectivity index (χ2v) is 15.7. The van der Waals surface area contributed by atoms with Gasteiger partial charge >= 0.3 is 0 Å². The summed E-state index contributed by atoms with van der Waals surface area (Å²) in [6, 6.07) is 18.3. The lowest BCUT2D eigenvalue weighted by Crippen LogP contribution is -2.65. The third-order valence-electron chi connectivity index (χ3n) is 10.7. The average molecular weight is 855 g/mol. The number of hydrogen-bond acceptors (Lipinski definition) is 7. The first-order valence-electron chi connectivity index (χ1n) is 20.5. The molecule has 4 aromatic rings. The number of halogens is 1. The minimum atomic E-state index is -1.40. The molecular weight excluding hydrogens is 800 g/mol. The van der Waals surface area contributed by atoms with Gasteiger partial charge in [-0.1, -0.05) is 85.6 Å². The number of carbonyl (C=O) groups is 6. The van der Waals surface area contributed by atoms with Crippen molar-refractivity contribution in [3.05, 3.63) is 106 Å². The van der Waals surface area contributed by atoms with Gasteiger partial charge in [0.2, 0.25) is 35.4 Å². The smallest absolute Gasteiger partial charge is 0.246 e. The standard InChI is InChI=1S/C44H55ClN10O6/c1-2-3-18-38(57)55-44(20-19-30-28(24-44)13-9-15-32(30)45)42(61)54-35(22-27-11-5-4-6-12-27)41(60)52-34(17-10-21-49-43(47)48)40(59)53-36(39(58)51-26-37(46)56)23-29-25-50-33-16-8-7-14-31(29)33/h4-9,11-16,25,34-36,50H,2-3,10,17-24,26H2,1H3,(H2,46,56)(H,51,58)(H,52,60)(H,53,59)(H,54,61)(H,55,57)(H4,47,48,49)/t34-,35+,36-,44+/m0/s1. The number of aromatic amines is 1. The molecule has 0 bridgehead atoms. The van der Waals surface area contributed by atoms with Crippen LogP contribution in [0.1, 0.15) is 67.7 Å². The van der Waals surface area contributed by atoms with E-state index >= 15 is 0 Å². The topological polar surface area (TPSA) is 269 Å². The summed E-state index contributed by atoms with van der Waals surface area (Å²) in [5.41, 5.74) is 19.0. The number of guanidine groups is 1. The highest BCUT2D eigenvalue weighted by Crippen LogP contribution is 2.34. The van der Waals surface area contributed by atoms with E-state index < -0.39 is 59.7 Å². The monoisotopic (exact) mass is 854 g/mol. The molecule has 12 N–H and O–H groups in total. The van der Waals surface area contributed by atoms with Gasteiger partial charge in [0.1, 0.15) is 23.7 Å². The first-order chi connectivity index (χ1) is 29.3. The van der Waals surface area contributed by atoms with Crippen LogP contribution in [0.3, 0.4) is 0 Å². The van der Waals surface area contributed by atoms with Crippen LogP contribution in [0.4, 0.5) is 0 Å². The predicted octanol–water partition coefficient (Wildman–Crippen LogP) is 1.95. The van der Waals surface area contributed by atoms with Gasteiger partial charge in [-0.15, -0.1) is 0 Å². The zero-order chi connectivity index (χ0) is 43.9. The molecule has 0 spiro atoms. The van der Waals surface area contributed by atoms with Crippen LogP contribution < -0.4 is 43.8 Å². The van der Waals surface area contributed by atoms with Crippen LogP contribution in [-0.4, -0.2) is 83.1 Å². The van der Waals surface area contributed by atoms with Crippen LogP contribution in [0.15, 0.2) is 84.0 Å². The molecule has 0 unspecified atom stereocenters. The quantitative estimate of drug-likeness (QED) is 0.0339. The molecule has 1 aromatic heterocycles. The van der Waals surface area contributed by atoms with E-state index in [-0.39, 0.29) is 63.4 Å². The molecule has 1 heterocycles. The Hall–Kier alpha value is -6.42. The first kappa shape index (κ1) is 45.7. The fourth-order valence-electron chi connectivity index (χ4n) is 7.52. The SMILES string of the molecule is CCCCC(=O)N[C@]1(C(=O)N[C@H](Cc2ccccc2)C(=O)N[C@@H](CCCN=C(N)N)C(=O)N[C@@H](Cc2c[nH]c3ccccc23)C(=O)NCC(N)=O)CCc2c(Cl)cccc2C1. The summed E-state index contributed by atoms with van der Waals surface area (Å²) < 4.78 is 0. The highest BCUT2D eigenvalue weighted by molar-refractivity contribution is 6.31. The van der Waals surface area contributed by atoms with Crippen LogP contribution in [0, 0.1) is 0 Å². The van der Waals surface area contributed by atoms with Gasteiger partial charge in [0.05, 0.1) is 6.54 Å². The van der Waals surface area contributed by atoms with Crippen molar-refractivity contribution in [3.63, 3.8) is 0 Å². The molecule has 5 rings (SSSR count). The molecule has 0 saturated carbocycles. The minimum absolute atomic E-state index is 0.0299. The molecule has 0 fully saturated rings. The lowest BCUT2D eigenvalue weighted by molar-refractivity contribution is -0.137. The van der Waals surface area contributed by atoms with Crippen LogP contribution in [0.2, 0.25) is 5.02 Å². The Morgan fingerprint density at radius 1 is 0.820 bits per heavy atom. The van der Waals surface area contributed by atoms with Gasteiger partial charge in [-0.25, -0.2) is 0 Å². The molecule has 6 amide bonds. The summed E-state index contributed by atoms with van der Waals surface area (Å²) in [5, 5.41) is 15.4. The van der Waals surface area contributed by atoms with Crippen molar-refractivity contribution in [1.29, 1.82) is 0 Å². The molecular formula is C44H55ClN10O6. The van der Waals surface area contributed by atoms with E-state index in [1.807, 2.05) is 55.5 Å². The van der Waals surface area contributed by atoms with Crippen molar-refractivity contribution in [1.82, 2.24) is 31.6 Å². The number of carbonyl (C=O) groups excluding carboxylic acids is 6. The van der Waals surface area contributed by atoms with Crippen molar-refractivity contribution in [2.45, 2.75) is 94.8 Å². The molecule has 0 aliphatic heterocycles. The summed E-state index contributed by atoms with van der Waals surface area (Å²) in [5.74, 6) is -3.82. The normalized spacial score (nSPS) is 15.9. The van der Waals surface area contributed by atoms with E-state index in [1.165, 1.54) is 0 Å². The summed E-state index contributed by atoms with van der Waals surface area (Å²) in [6.45, 7) is 1.64. The Balaban J connectivity index is 1.44. The van der Waals surface area contributed by atoms with E-state index in [1.54, 1.807) is 30.5 Å². The highest BCUT2D eigenvalue weighted by atomic mass is 35.5. The number of aliphatic imine (C=N–C) groups is 1. The zero-order valence-electron chi connectivity index (χ0n) is 34.2. The minimum Gasteiger partial charge on any atom is -0.370 e. The van der Waals surface area contributed by atoms with E-state index in [0.717, 1.165) is 39.6 Å². The van der Waals surface area contributed by atoms with Crippen molar-refractivity contribution in [3.8, 4) is 0 Å². The Labute approximate surface area is 359 Å². The Morgan fingerprint density at radius 3 is 2.26 bits per heavy atom. The van der Waals surface area contributed by atoms with Crippen LogP contribution in [0.25, 0.3) is 10.9 Å². The largest absolute Gasteiger partial charge is 0.370 e. The van der Waals surface area contributed by atoms with Crippen molar-refractivity contribution in [2.75, 3.05) is 13.1 Å². The fraction of sp³-hybridized carbons (Fsp3) is 0.386. The number of nitrogens with one attached hydrogen (secondary N) is 6. The van der Waals surface area contributed by atoms with Crippen molar-refractivity contribution >= 4 is 63.9 Å². The maximum Gasteiger partial charge on any atom is 0.246 e. The number of para-hydroxylation sites is 1.